The van der Waals surface area contributed by atoms with Gasteiger partial charge in [-0.3, -0.25) is 9.59 Å². The van der Waals surface area contributed by atoms with E-state index in [-0.39, 0.29) is 17.9 Å². The molecule has 3 rings (SSSR count). The summed E-state index contributed by atoms with van der Waals surface area (Å²) in [4.78, 5) is 26.2. The molecule has 0 spiro atoms. The van der Waals surface area contributed by atoms with Crippen LogP contribution < -0.4 is 10.2 Å². The fourth-order valence-electron chi connectivity index (χ4n) is 3.11. The molecule has 112 valence electrons. The molecule has 1 aliphatic heterocycles. The van der Waals surface area contributed by atoms with Gasteiger partial charge in [-0.25, -0.2) is 0 Å². The van der Waals surface area contributed by atoms with E-state index in [0.29, 0.717) is 18.9 Å². The maximum Gasteiger partial charge on any atom is 0.239 e. The Kier molecular flexibility index (Phi) is 3.68. The van der Waals surface area contributed by atoms with Gasteiger partial charge in [0.15, 0.2) is 0 Å². The van der Waals surface area contributed by atoms with Gasteiger partial charge in [-0.15, -0.1) is 0 Å². The van der Waals surface area contributed by atoms with Crippen molar-refractivity contribution in [2.24, 2.45) is 11.8 Å². The Morgan fingerprint density at radius 2 is 2.10 bits per heavy atom. The van der Waals surface area contributed by atoms with Gasteiger partial charge < -0.3 is 15.3 Å². The number of hydrogen-bond acceptors (Lipinski definition) is 3. The predicted molar refractivity (Wildman–Crippen MR) is 78.8 cm³/mol. The number of anilines is 1. The smallest absolute Gasteiger partial charge is 0.239 e. The molecule has 5 heteroatoms. The van der Waals surface area contributed by atoms with E-state index in [4.69, 9.17) is 0 Å². The minimum absolute atomic E-state index is 0.153. The maximum absolute atomic E-state index is 12.3. The van der Waals surface area contributed by atoms with Crippen molar-refractivity contribution in [3.05, 3.63) is 29.8 Å². The van der Waals surface area contributed by atoms with E-state index in [9.17, 15) is 14.7 Å². The van der Waals surface area contributed by atoms with Gasteiger partial charge >= 0.3 is 0 Å². The average molecular weight is 288 g/mol. The Morgan fingerprint density at radius 3 is 2.81 bits per heavy atom. The number of carbonyl (C=O) groups is 2. The van der Waals surface area contributed by atoms with Crippen LogP contribution in [0.3, 0.4) is 0 Å². The number of rotatable bonds is 3. The van der Waals surface area contributed by atoms with Gasteiger partial charge in [0, 0.05) is 19.3 Å². The highest BCUT2D eigenvalue weighted by molar-refractivity contribution is 6.09. The molecular formula is C16H20N2O3. The van der Waals surface area contributed by atoms with Crippen LogP contribution in [0.2, 0.25) is 0 Å². The first-order valence-electron chi connectivity index (χ1n) is 7.37. The number of benzene rings is 1. The molecule has 21 heavy (non-hydrogen) atoms. The Labute approximate surface area is 123 Å². The highest BCUT2D eigenvalue weighted by Crippen LogP contribution is 2.30. The summed E-state index contributed by atoms with van der Waals surface area (Å²) in [6.07, 6.45) is 1.71. The van der Waals surface area contributed by atoms with E-state index in [0.717, 1.165) is 24.1 Å². The predicted octanol–water partition coefficient (Wildman–Crippen LogP) is 0.709. The molecule has 1 saturated carbocycles. The van der Waals surface area contributed by atoms with Gasteiger partial charge in [0.1, 0.15) is 5.92 Å². The molecular weight excluding hydrogens is 268 g/mol. The summed E-state index contributed by atoms with van der Waals surface area (Å²) in [6, 6.07) is 7.68. The summed E-state index contributed by atoms with van der Waals surface area (Å²) < 4.78 is 0. The molecule has 0 saturated heterocycles. The van der Waals surface area contributed by atoms with E-state index in [1.807, 2.05) is 24.3 Å². The van der Waals surface area contributed by atoms with E-state index >= 15 is 0 Å². The summed E-state index contributed by atoms with van der Waals surface area (Å²) in [5.74, 6) is -0.662. The molecule has 1 unspecified atom stereocenters. The van der Waals surface area contributed by atoms with E-state index in [1.54, 1.807) is 11.9 Å². The summed E-state index contributed by atoms with van der Waals surface area (Å²) in [5.41, 5.74) is 1.91. The molecule has 5 nitrogen and oxygen atoms in total. The normalized spacial score (nSPS) is 27.8. The van der Waals surface area contributed by atoms with Crippen molar-refractivity contribution in [2.45, 2.75) is 25.4 Å². The molecule has 1 aromatic carbocycles. The number of aliphatic hydroxyl groups is 1. The minimum atomic E-state index is -0.644. The Morgan fingerprint density at radius 1 is 1.38 bits per heavy atom. The van der Waals surface area contributed by atoms with Crippen LogP contribution in [0, 0.1) is 11.8 Å². The van der Waals surface area contributed by atoms with E-state index in [1.165, 1.54) is 0 Å². The number of amides is 2. The maximum atomic E-state index is 12.3. The minimum Gasteiger partial charge on any atom is -0.393 e. The second-order valence-electron chi connectivity index (χ2n) is 6.02. The molecule has 1 aromatic rings. The van der Waals surface area contributed by atoms with Crippen molar-refractivity contribution in [3.63, 3.8) is 0 Å². The van der Waals surface area contributed by atoms with Gasteiger partial charge in [-0.1, -0.05) is 18.2 Å². The molecule has 1 aliphatic carbocycles. The number of nitrogens with one attached hydrogen (secondary N) is 1. The van der Waals surface area contributed by atoms with Crippen LogP contribution >= 0.6 is 0 Å². The molecule has 2 N–H and O–H groups in total. The highest BCUT2D eigenvalue weighted by atomic mass is 16.3. The number of nitrogens with zero attached hydrogens (tertiary/aromatic N) is 1. The first kappa shape index (κ1) is 14.1. The first-order chi connectivity index (χ1) is 10.1. The van der Waals surface area contributed by atoms with Crippen LogP contribution in [0.25, 0.3) is 0 Å². The number of fused-ring (bicyclic) bond motifs is 1. The molecule has 2 aliphatic rings. The van der Waals surface area contributed by atoms with Gasteiger partial charge in [0.05, 0.1) is 6.10 Å². The van der Waals surface area contributed by atoms with Gasteiger partial charge in [0.2, 0.25) is 11.8 Å². The fraction of sp³-hybridized carbons (Fsp3) is 0.500. The third-order valence-electron chi connectivity index (χ3n) is 4.50. The zero-order valence-corrected chi connectivity index (χ0v) is 12.1. The SMILES string of the molecule is CN1C(=O)C(C(=O)NCC2CC(O)C2)Cc2ccccc21. The fourth-order valence-corrected chi connectivity index (χ4v) is 3.11. The zero-order chi connectivity index (χ0) is 15.0. The lowest BCUT2D eigenvalue weighted by Crippen LogP contribution is -2.48. The second-order valence-corrected chi connectivity index (χ2v) is 6.02. The van der Waals surface area contributed by atoms with Crippen LogP contribution in [-0.4, -0.2) is 36.6 Å². The van der Waals surface area contributed by atoms with Gasteiger partial charge in [-0.2, -0.15) is 0 Å². The van der Waals surface area contributed by atoms with Crippen molar-refractivity contribution in [1.82, 2.24) is 5.32 Å². The van der Waals surface area contributed by atoms with Crippen molar-refractivity contribution in [3.8, 4) is 0 Å². The summed E-state index contributed by atoms with van der Waals surface area (Å²) in [5, 5.41) is 12.1. The first-order valence-corrected chi connectivity index (χ1v) is 7.37. The molecule has 2 amide bonds. The van der Waals surface area contributed by atoms with Crippen molar-refractivity contribution in [2.75, 3.05) is 18.5 Å². The number of hydrogen-bond donors (Lipinski definition) is 2. The third kappa shape index (κ3) is 2.65. The molecule has 0 radical (unpaired) electrons. The standard InChI is InChI=1S/C16H20N2O3/c1-18-14-5-3-2-4-11(14)8-13(16(18)21)15(20)17-9-10-6-12(19)7-10/h2-5,10,12-13,19H,6-9H2,1H3,(H,17,20). The number of aliphatic hydroxyl groups excluding tert-OH is 1. The highest BCUT2D eigenvalue weighted by Gasteiger charge is 2.36. The second kappa shape index (κ2) is 5.48. The Balaban J connectivity index is 1.65. The molecule has 1 fully saturated rings. The summed E-state index contributed by atoms with van der Waals surface area (Å²) >= 11 is 0. The molecule has 0 bridgehead atoms. The summed E-state index contributed by atoms with van der Waals surface area (Å²) in [6.45, 7) is 0.547. The van der Waals surface area contributed by atoms with E-state index < -0.39 is 5.92 Å². The topological polar surface area (TPSA) is 69.6 Å². The van der Waals surface area contributed by atoms with Crippen molar-refractivity contribution in [1.29, 1.82) is 0 Å². The summed E-state index contributed by atoms with van der Waals surface area (Å²) in [7, 11) is 1.71. The van der Waals surface area contributed by atoms with E-state index in [2.05, 4.69) is 5.32 Å². The average Bonchev–Trinajstić information content (AvgIpc) is 2.46. The third-order valence-corrected chi connectivity index (χ3v) is 4.50. The Hall–Kier alpha value is -1.88. The van der Waals surface area contributed by atoms with Crippen molar-refractivity contribution < 1.29 is 14.7 Å². The van der Waals surface area contributed by atoms with Crippen LogP contribution in [0.15, 0.2) is 24.3 Å². The van der Waals surface area contributed by atoms with Crippen LogP contribution in [0.4, 0.5) is 5.69 Å². The molecule has 1 atom stereocenters. The molecule has 1 heterocycles. The largest absolute Gasteiger partial charge is 0.393 e. The monoisotopic (exact) mass is 288 g/mol. The lowest BCUT2D eigenvalue weighted by atomic mass is 9.82. The van der Waals surface area contributed by atoms with Gasteiger partial charge in [0.25, 0.3) is 0 Å². The van der Waals surface area contributed by atoms with Crippen LogP contribution in [0.1, 0.15) is 18.4 Å². The number of para-hydroxylation sites is 1. The lowest BCUT2D eigenvalue weighted by molar-refractivity contribution is -0.134. The quantitative estimate of drug-likeness (QED) is 0.805. The zero-order valence-electron chi connectivity index (χ0n) is 12.1. The van der Waals surface area contributed by atoms with Crippen molar-refractivity contribution >= 4 is 17.5 Å². The molecule has 0 aromatic heterocycles. The van der Waals surface area contributed by atoms with Gasteiger partial charge in [-0.05, 0) is 36.8 Å². The number of carbonyl (C=O) groups excluding carboxylic acids is 2. The Bertz CT molecular complexity index is 566. The lowest BCUT2D eigenvalue weighted by Gasteiger charge is -2.33. The van der Waals surface area contributed by atoms with Crippen LogP contribution in [-0.2, 0) is 16.0 Å². The van der Waals surface area contributed by atoms with Crippen LogP contribution in [0.5, 0.6) is 0 Å².